The Bertz CT molecular complexity index is 423. The van der Waals surface area contributed by atoms with Crippen LogP contribution < -0.4 is 15.5 Å². The average Bonchev–Trinajstić information content (AvgIpc) is 2.50. The molecule has 0 spiro atoms. The van der Waals surface area contributed by atoms with Gasteiger partial charge in [-0.25, -0.2) is 0 Å². The van der Waals surface area contributed by atoms with Crippen LogP contribution in [0.15, 0.2) is 24.3 Å². The number of rotatable bonds is 3. The molecule has 0 amide bonds. The number of hydrogen-bond acceptors (Lipinski definition) is 3. The smallest absolute Gasteiger partial charge is 0.0439 e. The fraction of sp³-hybridized carbons (Fsp3) is 0.625. The fourth-order valence-corrected chi connectivity index (χ4v) is 3.77. The van der Waals surface area contributed by atoms with Crippen LogP contribution in [0.1, 0.15) is 12.8 Å². The maximum atomic E-state index is 3.46. The van der Waals surface area contributed by atoms with E-state index in [4.69, 9.17) is 0 Å². The molecule has 2 aliphatic heterocycles. The maximum Gasteiger partial charge on any atom is 0.0439 e. The zero-order chi connectivity index (χ0) is 13.8. The summed E-state index contributed by atoms with van der Waals surface area (Å²) in [6.45, 7) is 8.48. The molecule has 2 saturated heterocycles. The summed E-state index contributed by atoms with van der Waals surface area (Å²) >= 11 is 0. The van der Waals surface area contributed by atoms with Crippen molar-refractivity contribution in [3.8, 4) is 0 Å². The average molecular weight is 291 g/mol. The van der Waals surface area contributed by atoms with Crippen molar-refractivity contribution in [3.05, 3.63) is 24.3 Å². The minimum Gasteiger partial charge on any atom is -0.368 e. The van der Waals surface area contributed by atoms with E-state index in [1.165, 1.54) is 56.6 Å². The number of benzene rings is 1. The first-order valence-corrected chi connectivity index (χ1v) is 8.43. The second-order valence-electron chi connectivity index (χ2n) is 6.04. The predicted octanol–water partition coefficient (Wildman–Crippen LogP) is 1.31. The van der Waals surface area contributed by atoms with Crippen molar-refractivity contribution in [1.29, 1.82) is 0 Å². The van der Waals surface area contributed by atoms with Crippen LogP contribution in [0.25, 0.3) is 0 Å². The molecule has 0 aliphatic carbocycles. The van der Waals surface area contributed by atoms with Crippen molar-refractivity contribution in [3.63, 3.8) is 0 Å². The molecule has 2 aliphatic rings. The van der Waals surface area contributed by atoms with Gasteiger partial charge in [0.25, 0.3) is 0 Å². The first-order chi connectivity index (χ1) is 9.83. The lowest BCUT2D eigenvalue weighted by atomic mass is 9.97. The molecule has 1 atom stereocenters. The van der Waals surface area contributed by atoms with Crippen LogP contribution in [0.5, 0.6) is 0 Å². The Morgan fingerprint density at radius 1 is 1.05 bits per heavy atom. The Morgan fingerprint density at radius 2 is 1.75 bits per heavy atom. The predicted molar refractivity (Wildman–Crippen MR) is 90.0 cm³/mol. The van der Waals surface area contributed by atoms with E-state index < -0.39 is 0 Å². The molecule has 2 heterocycles. The summed E-state index contributed by atoms with van der Waals surface area (Å²) in [6.07, 6.45) is 2.71. The second kappa shape index (κ2) is 6.89. The van der Waals surface area contributed by atoms with E-state index >= 15 is 0 Å². The molecule has 0 radical (unpaired) electrons. The molecular weight excluding hydrogens is 265 g/mol. The fourth-order valence-electron chi connectivity index (χ4n) is 3.38. The zero-order valence-corrected chi connectivity index (χ0v) is 13.4. The van der Waals surface area contributed by atoms with E-state index in [1.807, 2.05) is 0 Å². The third kappa shape index (κ3) is 3.52. The van der Waals surface area contributed by atoms with Crippen molar-refractivity contribution >= 4 is 20.2 Å². The highest BCUT2D eigenvalue weighted by molar-refractivity contribution is 7.28. The van der Waals surface area contributed by atoms with Crippen LogP contribution in [-0.4, -0.2) is 50.7 Å². The Morgan fingerprint density at radius 3 is 2.45 bits per heavy atom. The summed E-state index contributed by atoms with van der Waals surface area (Å²) in [4.78, 5) is 5.19. The van der Waals surface area contributed by atoms with E-state index in [0.29, 0.717) is 0 Å². The summed E-state index contributed by atoms with van der Waals surface area (Å²) in [6, 6.07) is 8.68. The molecule has 0 aromatic heterocycles. The highest BCUT2D eigenvalue weighted by Gasteiger charge is 2.21. The number of anilines is 1. The van der Waals surface area contributed by atoms with Crippen LogP contribution in [-0.2, 0) is 0 Å². The number of hydrogen-bond donors (Lipinski definition) is 1. The van der Waals surface area contributed by atoms with Crippen molar-refractivity contribution in [1.82, 2.24) is 10.2 Å². The first-order valence-electron chi connectivity index (χ1n) is 7.85. The van der Waals surface area contributed by atoms with Crippen LogP contribution in [0, 0.1) is 5.92 Å². The normalized spacial score (nSPS) is 22.1. The summed E-state index contributed by atoms with van der Waals surface area (Å²) < 4.78 is 0. The lowest BCUT2D eigenvalue weighted by Crippen LogP contribution is -2.49. The van der Waals surface area contributed by atoms with Gasteiger partial charge in [-0.3, -0.25) is 4.90 Å². The highest BCUT2D eigenvalue weighted by Crippen LogP contribution is 2.18. The molecule has 1 aromatic rings. The lowest BCUT2D eigenvalue weighted by Gasteiger charge is -2.38. The van der Waals surface area contributed by atoms with E-state index in [1.54, 1.807) is 0 Å². The SMILES string of the molecule is Pc1ccccc1N1CCN(CC2CCNCC2)CC1. The first kappa shape index (κ1) is 14.3. The minimum absolute atomic E-state index is 0.914. The van der Waals surface area contributed by atoms with E-state index in [2.05, 4.69) is 48.6 Å². The van der Waals surface area contributed by atoms with Crippen molar-refractivity contribution < 1.29 is 0 Å². The second-order valence-corrected chi connectivity index (χ2v) is 6.66. The number of nitrogens with one attached hydrogen (secondary N) is 1. The van der Waals surface area contributed by atoms with Crippen LogP contribution >= 0.6 is 9.24 Å². The van der Waals surface area contributed by atoms with Gasteiger partial charge in [0.05, 0.1) is 0 Å². The van der Waals surface area contributed by atoms with Gasteiger partial charge in [-0.2, -0.15) is 0 Å². The van der Waals surface area contributed by atoms with Gasteiger partial charge in [0, 0.05) is 38.4 Å². The number of nitrogens with zero attached hydrogens (tertiary/aromatic N) is 2. The number of piperazine rings is 1. The van der Waals surface area contributed by atoms with Gasteiger partial charge in [0.1, 0.15) is 0 Å². The van der Waals surface area contributed by atoms with E-state index in [9.17, 15) is 0 Å². The Kier molecular flexibility index (Phi) is 4.93. The van der Waals surface area contributed by atoms with Crippen molar-refractivity contribution in [2.24, 2.45) is 5.92 Å². The summed E-state index contributed by atoms with van der Waals surface area (Å²) in [7, 11) is 2.86. The molecule has 1 N–H and O–H groups in total. The molecule has 1 unspecified atom stereocenters. The molecule has 110 valence electrons. The minimum atomic E-state index is 0.914. The Hall–Kier alpha value is -0.630. The number of para-hydroxylation sites is 1. The summed E-state index contributed by atoms with van der Waals surface area (Å²) in [5.74, 6) is 0.914. The van der Waals surface area contributed by atoms with Gasteiger partial charge < -0.3 is 10.2 Å². The molecule has 3 nitrogen and oxygen atoms in total. The molecule has 0 bridgehead atoms. The Balaban J connectivity index is 1.50. The van der Waals surface area contributed by atoms with Gasteiger partial charge in [-0.1, -0.05) is 18.2 Å². The summed E-state index contributed by atoms with van der Waals surface area (Å²) in [5.41, 5.74) is 1.39. The van der Waals surface area contributed by atoms with E-state index in [-0.39, 0.29) is 0 Å². The zero-order valence-electron chi connectivity index (χ0n) is 12.2. The van der Waals surface area contributed by atoms with Crippen molar-refractivity contribution in [2.45, 2.75) is 12.8 Å². The molecule has 20 heavy (non-hydrogen) atoms. The molecule has 2 fully saturated rings. The van der Waals surface area contributed by atoms with Gasteiger partial charge in [-0.15, -0.1) is 9.24 Å². The monoisotopic (exact) mass is 291 g/mol. The van der Waals surface area contributed by atoms with Crippen LogP contribution in [0.2, 0.25) is 0 Å². The van der Waals surface area contributed by atoms with Gasteiger partial charge in [-0.05, 0) is 43.2 Å². The number of piperidine rings is 1. The maximum absolute atomic E-state index is 3.46. The quantitative estimate of drug-likeness (QED) is 0.847. The van der Waals surface area contributed by atoms with E-state index in [0.717, 1.165) is 19.0 Å². The van der Waals surface area contributed by atoms with Crippen LogP contribution in [0.3, 0.4) is 0 Å². The van der Waals surface area contributed by atoms with Gasteiger partial charge in [0.15, 0.2) is 0 Å². The molecule has 1 aromatic carbocycles. The highest BCUT2D eigenvalue weighted by atomic mass is 31.0. The third-order valence-corrected chi connectivity index (χ3v) is 5.11. The molecule has 4 heteroatoms. The third-order valence-electron chi connectivity index (χ3n) is 4.62. The Labute approximate surface area is 124 Å². The van der Waals surface area contributed by atoms with Gasteiger partial charge >= 0.3 is 0 Å². The molecular formula is C16H26N3P. The standard InChI is InChI=1S/C16H26N3P/c20-16-4-2-1-3-15(16)19-11-9-18(10-12-19)13-14-5-7-17-8-6-14/h1-4,14,17H,5-13,20H2. The summed E-state index contributed by atoms with van der Waals surface area (Å²) in [5, 5.41) is 4.78. The van der Waals surface area contributed by atoms with Crippen LogP contribution in [0.4, 0.5) is 5.69 Å². The van der Waals surface area contributed by atoms with Gasteiger partial charge in [0.2, 0.25) is 0 Å². The molecule has 0 saturated carbocycles. The molecule has 3 rings (SSSR count). The largest absolute Gasteiger partial charge is 0.368 e. The lowest BCUT2D eigenvalue weighted by molar-refractivity contribution is 0.196. The topological polar surface area (TPSA) is 18.5 Å². The van der Waals surface area contributed by atoms with Crippen molar-refractivity contribution in [2.75, 3.05) is 50.7 Å².